The summed E-state index contributed by atoms with van der Waals surface area (Å²) < 4.78 is 5.18. The van der Waals surface area contributed by atoms with Gasteiger partial charge in [0.2, 0.25) is 0 Å². The summed E-state index contributed by atoms with van der Waals surface area (Å²) in [5.41, 5.74) is 2.50. The fraction of sp³-hybridized carbons (Fsp3) is 0.238. The first-order valence-electron chi connectivity index (χ1n) is 8.76. The van der Waals surface area contributed by atoms with Gasteiger partial charge in [-0.15, -0.1) is 0 Å². The average molecular weight is 384 g/mol. The van der Waals surface area contributed by atoms with Crippen LogP contribution in [0, 0.1) is 0 Å². The van der Waals surface area contributed by atoms with Crippen LogP contribution in [-0.2, 0) is 0 Å². The van der Waals surface area contributed by atoms with Gasteiger partial charge in [0.15, 0.2) is 0 Å². The molecule has 5 nitrogen and oxygen atoms in total. The topological polar surface area (TPSA) is 54.5 Å². The lowest BCUT2D eigenvalue weighted by molar-refractivity contribution is 0.0794. The van der Waals surface area contributed by atoms with Crippen LogP contribution in [0.4, 0.5) is 5.69 Å². The molecule has 0 radical (unpaired) electrons. The lowest BCUT2D eigenvalue weighted by atomic mass is 10.2. The highest BCUT2D eigenvalue weighted by Gasteiger charge is 2.12. The number of ether oxygens (including phenoxy) is 1. The Labute approximate surface area is 163 Å². The van der Waals surface area contributed by atoms with Gasteiger partial charge in [0.25, 0.3) is 5.91 Å². The van der Waals surface area contributed by atoms with Crippen LogP contribution < -0.4 is 10.1 Å². The van der Waals surface area contributed by atoms with Gasteiger partial charge in [-0.3, -0.25) is 9.78 Å². The maximum absolute atomic E-state index is 12.5. The van der Waals surface area contributed by atoms with E-state index >= 15 is 0 Å². The molecule has 6 heteroatoms. The first kappa shape index (κ1) is 19.0. The van der Waals surface area contributed by atoms with Crippen molar-refractivity contribution < 1.29 is 9.53 Å². The Morgan fingerprint density at radius 2 is 2.07 bits per heavy atom. The van der Waals surface area contributed by atoms with Crippen LogP contribution in [-0.4, -0.2) is 43.0 Å². The van der Waals surface area contributed by atoms with Crippen molar-refractivity contribution in [3.05, 3.63) is 65.3 Å². The number of hydrogen-bond acceptors (Lipinski definition) is 4. The van der Waals surface area contributed by atoms with Crippen LogP contribution in [0.5, 0.6) is 5.75 Å². The predicted molar refractivity (Wildman–Crippen MR) is 110 cm³/mol. The molecule has 27 heavy (non-hydrogen) atoms. The second kappa shape index (κ2) is 8.73. The fourth-order valence-corrected chi connectivity index (χ4v) is 3.06. The minimum absolute atomic E-state index is 0.0158. The summed E-state index contributed by atoms with van der Waals surface area (Å²) in [5.74, 6) is 0.665. The molecule has 0 atom stereocenters. The summed E-state index contributed by atoms with van der Waals surface area (Å²) in [6.45, 7) is 1.40. The minimum Gasteiger partial charge on any atom is -0.497 e. The van der Waals surface area contributed by atoms with Crippen LogP contribution in [0.2, 0.25) is 5.02 Å². The summed E-state index contributed by atoms with van der Waals surface area (Å²) in [5, 5.41) is 5.12. The van der Waals surface area contributed by atoms with Crippen molar-refractivity contribution in [3.8, 4) is 5.75 Å². The average Bonchev–Trinajstić information content (AvgIpc) is 2.70. The van der Waals surface area contributed by atoms with Crippen LogP contribution >= 0.6 is 11.6 Å². The molecule has 140 valence electrons. The molecule has 1 heterocycles. The highest BCUT2D eigenvalue weighted by molar-refractivity contribution is 6.31. The number of anilines is 1. The molecule has 0 saturated carbocycles. The standard InChI is InChI=1S/C21H22ClN3O2/c1-25(21(26)15-5-3-6-17(13-15)27-2)12-4-10-23-19-9-11-24-20-14-16(22)7-8-18(19)20/h3,5-9,11,13-14H,4,10,12H2,1-2H3,(H,23,24). The second-order valence-corrected chi connectivity index (χ2v) is 6.70. The molecular weight excluding hydrogens is 362 g/mol. The summed E-state index contributed by atoms with van der Waals surface area (Å²) >= 11 is 6.03. The summed E-state index contributed by atoms with van der Waals surface area (Å²) in [6.07, 6.45) is 2.59. The normalized spacial score (nSPS) is 10.6. The van der Waals surface area contributed by atoms with Gasteiger partial charge in [-0.05, 0) is 48.9 Å². The van der Waals surface area contributed by atoms with Gasteiger partial charge in [0.1, 0.15) is 5.75 Å². The number of rotatable bonds is 7. The van der Waals surface area contributed by atoms with Crippen LogP contribution in [0.25, 0.3) is 10.9 Å². The zero-order valence-electron chi connectivity index (χ0n) is 15.4. The van der Waals surface area contributed by atoms with Crippen molar-refractivity contribution in [2.45, 2.75) is 6.42 Å². The van der Waals surface area contributed by atoms with Crippen LogP contribution in [0.15, 0.2) is 54.7 Å². The number of carbonyl (C=O) groups is 1. The number of fused-ring (bicyclic) bond motifs is 1. The predicted octanol–water partition coefficient (Wildman–Crippen LogP) is 4.47. The van der Waals surface area contributed by atoms with E-state index in [2.05, 4.69) is 10.3 Å². The van der Waals surface area contributed by atoms with Gasteiger partial charge in [-0.25, -0.2) is 0 Å². The summed E-state index contributed by atoms with van der Waals surface area (Å²) in [6, 6.07) is 14.8. The van der Waals surface area contributed by atoms with Gasteiger partial charge in [0, 0.05) is 48.0 Å². The monoisotopic (exact) mass is 383 g/mol. The van der Waals surface area contributed by atoms with E-state index in [0.29, 0.717) is 22.9 Å². The molecule has 1 amide bonds. The molecule has 3 aromatic rings. The Morgan fingerprint density at radius 1 is 1.22 bits per heavy atom. The number of nitrogens with one attached hydrogen (secondary N) is 1. The molecule has 0 aliphatic rings. The molecule has 0 bridgehead atoms. The zero-order chi connectivity index (χ0) is 19.2. The molecule has 0 aliphatic carbocycles. The number of nitrogens with zero attached hydrogens (tertiary/aromatic N) is 2. The SMILES string of the molecule is COc1cccc(C(=O)N(C)CCCNc2ccnc3cc(Cl)ccc23)c1. The number of hydrogen-bond donors (Lipinski definition) is 1. The number of methoxy groups -OCH3 is 1. The quantitative estimate of drug-likeness (QED) is 0.611. The molecule has 0 aliphatic heterocycles. The molecule has 0 unspecified atom stereocenters. The lowest BCUT2D eigenvalue weighted by Crippen LogP contribution is -2.28. The largest absolute Gasteiger partial charge is 0.497 e. The Morgan fingerprint density at radius 3 is 2.89 bits per heavy atom. The number of aromatic nitrogens is 1. The van der Waals surface area contributed by atoms with Crippen LogP contribution in [0.3, 0.4) is 0 Å². The van der Waals surface area contributed by atoms with E-state index in [1.807, 2.05) is 43.4 Å². The first-order valence-corrected chi connectivity index (χ1v) is 9.14. The number of amides is 1. The van der Waals surface area contributed by atoms with E-state index in [0.717, 1.165) is 29.6 Å². The van der Waals surface area contributed by atoms with E-state index in [9.17, 15) is 4.79 Å². The molecule has 2 aromatic carbocycles. The zero-order valence-corrected chi connectivity index (χ0v) is 16.2. The van der Waals surface area contributed by atoms with Gasteiger partial charge >= 0.3 is 0 Å². The third kappa shape index (κ3) is 4.68. The highest BCUT2D eigenvalue weighted by atomic mass is 35.5. The van der Waals surface area contributed by atoms with E-state index < -0.39 is 0 Å². The van der Waals surface area contributed by atoms with Gasteiger partial charge in [-0.2, -0.15) is 0 Å². The third-order valence-electron chi connectivity index (χ3n) is 4.35. The van der Waals surface area contributed by atoms with E-state index in [-0.39, 0.29) is 5.91 Å². The van der Waals surface area contributed by atoms with Crippen molar-refractivity contribution >= 4 is 34.1 Å². The van der Waals surface area contributed by atoms with Gasteiger partial charge < -0.3 is 15.0 Å². The second-order valence-electron chi connectivity index (χ2n) is 6.26. The van der Waals surface area contributed by atoms with Crippen molar-refractivity contribution in [3.63, 3.8) is 0 Å². The van der Waals surface area contributed by atoms with Crippen molar-refractivity contribution in [2.24, 2.45) is 0 Å². The molecule has 3 rings (SSSR count). The number of pyridine rings is 1. The van der Waals surface area contributed by atoms with Gasteiger partial charge in [0.05, 0.1) is 12.6 Å². The summed E-state index contributed by atoms with van der Waals surface area (Å²) in [7, 11) is 3.40. The number of halogens is 1. The van der Waals surface area contributed by atoms with E-state index in [4.69, 9.17) is 16.3 Å². The molecule has 1 aromatic heterocycles. The molecule has 0 fully saturated rings. The lowest BCUT2D eigenvalue weighted by Gasteiger charge is -2.18. The Balaban J connectivity index is 1.55. The fourth-order valence-electron chi connectivity index (χ4n) is 2.89. The highest BCUT2D eigenvalue weighted by Crippen LogP contribution is 2.24. The summed E-state index contributed by atoms with van der Waals surface area (Å²) in [4.78, 5) is 18.6. The minimum atomic E-state index is -0.0158. The van der Waals surface area contributed by atoms with Crippen molar-refractivity contribution in [1.82, 2.24) is 9.88 Å². The van der Waals surface area contributed by atoms with Crippen molar-refractivity contribution in [2.75, 3.05) is 32.6 Å². The molecule has 0 spiro atoms. The third-order valence-corrected chi connectivity index (χ3v) is 4.59. The number of benzene rings is 2. The maximum Gasteiger partial charge on any atom is 0.253 e. The van der Waals surface area contributed by atoms with E-state index in [1.54, 1.807) is 30.3 Å². The maximum atomic E-state index is 12.5. The van der Waals surface area contributed by atoms with E-state index in [1.165, 1.54) is 0 Å². The molecule has 0 saturated heterocycles. The Kier molecular flexibility index (Phi) is 6.14. The first-order chi connectivity index (χ1) is 13.1. The Bertz CT molecular complexity index is 946. The van der Waals surface area contributed by atoms with Gasteiger partial charge in [-0.1, -0.05) is 17.7 Å². The smallest absolute Gasteiger partial charge is 0.253 e. The molecular formula is C21H22ClN3O2. The Hall–Kier alpha value is -2.79. The number of carbonyl (C=O) groups excluding carboxylic acids is 1. The van der Waals surface area contributed by atoms with Crippen molar-refractivity contribution in [1.29, 1.82) is 0 Å². The molecule has 1 N–H and O–H groups in total. The van der Waals surface area contributed by atoms with Crippen LogP contribution in [0.1, 0.15) is 16.8 Å².